The van der Waals surface area contributed by atoms with Crippen LogP contribution in [-0.2, 0) is 66.4 Å². The zero-order valence-electron chi connectivity index (χ0n) is 51.5. The molecule has 8 aliphatic rings. The van der Waals surface area contributed by atoms with Gasteiger partial charge in [-0.15, -0.1) is 0 Å². The van der Waals surface area contributed by atoms with E-state index < -0.39 is 96.8 Å². The number of carbonyl (C=O) groups excluding carboxylic acids is 6. The van der Waals surface area contributed by atoms with E-state index in [4.69, 9.17) is 51.9 Å². The van der Waals surface area contributed by atoms with Crippen molar-refractivity contribution in [3.8, 4) is 12.1 Å². The Hall–Kier alpha value is -6.60. The number of primary amides is 2. The number of fused-ring (bicyclic) bond motifs is 4. The number of nitriles is 2. The smallest absolute Gasteiger partial charge is 0.297 e. The van der Waals surface area contributed by atoms with Gasteiger partial charge in [0.05, 0.1) is 33.4 Å². The summed E-state index contributed by atoms with van der Waals surface area (Å²) in [7, 11) is -6.43. The highest BCUT2D eigenvalue weighted by molar-refractivity contribution is 8.13. The van der Waals surface area contributed by atoms with Crippen molar-refractivity contribution < 1.29 is 67.5 Å². The van der Waals surface area contributed by atoms with Crippen LogP contribution < -0.4 is 22.5 Å². The quantitative estimate of drug-likeness (QED) is 0.104. The molecule has 0 aromatic heterocycles. The number of carbonyl (C=O) groups is 6. The molecule has 4 saturated carbocycles. The summed E-state index contributed by atoms with van der Waals surface area (Å²) in [6, 6.07) is 25.4. The lowest BCUT2D eigenvalue weighted by atomic mass is 9.86. The number of nitrogens with zero attached hydrogens (tertiary/aromatic N) is 6. The highest BCUT2D eigenvalue weighted by Gasteiger charge is 2.52. The molecule has 25 nitrogen and oxygen atoms in total. The van der Waals surface area contributed by atoms with Gasteiger partial charge in [0.15, 0.2) is 0 Å². The normalized spacial score (nSPS) is 26.8. The second-order valence-corrected chi connectivity index (χ2v) is 30.8. The minimum Gasteiger partial charge on any atom is -0.387 e. The molecular formula is C62H85ClN10O15S3. The molecule has 6 amide bonds. The van der Waals surface area contributed by atoms with Crippen molar-refractivity contribution in [1.82, 2.24) is 24.9 Å². The molecule has 8 N–H and O–H groups in total. The predicted octanol–water partition coefficient (Wildman–Crippen LogP) is 4.33. The van der Waals surface area contributed by atoms with Gasteiger partial charge in [0.2, 0.25) is 23.6 Å². The second kappa shape index (κ2) is 32.3. The van der Waals surface area contributed by atoms with E-state index in [0.717, 1.165) is 32.2 Å². The molecule has 0 spiro atoms. The summed E-state index contributed by atoms with van der Waals surface area (Å²) in [5, 5.41) is 30.0. The van der Waals surface area contributed by atoms with Gasteiger partial charge in [-0.05, 0) is 163 Å². The maximum atomic E-state index is 12.2. The summed E-state index contributed by atoms with van der Waals surface area (Å²) in [5.74, 6) is -2.43. The van der Waals surface area contributed by atoms with Crippen molar-refractivity contribution in [3.05, 3.63) is 91.0 Å². The predicted molar refractivity (Wildman–Crippen MR) is 334 cm³/mol. The van der Waals surface area contributed by atoms with Gasteiger partial charge in [0.1, 0.15) is 44.0 Å². The second-order valence-electron chi connectivity index (χ2n) is 25.0. The monoisotopic (exact) mass is 1340 g/mol. The average Bonchev–Trinajstić information content (AvgIpc) is 1.81. The first-order valence-electron chi connectivity index (χ1n) is 30.5. The van der Waals surface area contributed by atoms with E-state index >= 15 is 0 Å². The van der Waals surface area contributed by atoms with Gasteiger partial charge in [0.25, 0.3) is 41.1 Å². The Morgan fingerprint density at radius 1 is 0.549 bits per heavy atom. The molecule has 4 aliphatic heterocycles. The van der Waals surface area contributed by atoms with Crippen LogP contribution in [0.1, 0.15) is 129 Å². The third kappa shape index (κ3) is 20.7. The molecule has 91 heavy (non-hydrogen) atoms. The van der Waals surface area contributed by atoms with E-state index in [1.54, 1.807) is 59.5 Å². The Labute approximate surface area is 538 Å². The number of amides is 6. The van der Waals surface area contributed by atoms with Crippen LogP contribution in [-0.4, -0.2) is 173 Å². The highest BCUT2D eigenvalue weighted by Crippen LogP contribution is 2.56. The van der Waals surface area contributed by atoms with Crippen molar-refractivity contribution in [3.63, 3.8) is 0 Å². The first kappa shape index (κ1) is 73.5. The molecular weight excluding hydrogens is 1260 g/mol. The van der Waals surface area contributed by atoms with Crippen molar-refractivity contribution in [1.29, 1.82) is 10.5 Å². The van der Waals surface area contributed by atoms with Crippen LogP contribution in [0.3, 0.4) is 0 Å². The van der Waals surface area contributed by atoms with Gasteiger partial charge in [-0.25, -0.2) is 8.42 Å². The molecule has 4 bridgehead atoms. The van der Waals surface area contributed by atoms with Crippen molar-refractivity contribution in [2.45, 2.75) is 179 Å². The largest absolute Gasteiger partial charge is 0.387 e. The Balaban J connectivity index is 0.000000178. The molecule has 3 aromatic rings. The van der Waals surface area contributed by atoms with E-state index in [0.29, 0.717) is 62.7 Å². The van der Waals surface area contributed by atoms with E-state index in [9.17, 15) is 54.0 Å². The maximum Gasteiger partial charge on any atom is 0.297 e. The van der Waals surface area contributed by atoms with E-state index in [-0.39, 0.29) is 37.7 Å². The van der Waals surface area contributed by atoms with Crippen LogP contribution in [0.4, 0.5) is 0 Å². The molecule has 3 aromatic carbocycles. The minimum absolute atomic E-state index is 0.00561. The lowest BCUT2D eigenvalue weighted by Gasteiger charge is -2.29. The number of hydrogen-bond acceptors (Lipinski definition) is 19. The van der Waals surface area contributed by atoms with Crippen LogP contribution in [0.5, 0.6) is 0 Å². The molecule has 4 saturated heterocycles. The zero-order chi connectivity index (χ0) is 66.8. The van der Waals surface area contributed by atoms with Crippen molar-refractivity contribution in [2.24, 2.45) is 28.0 Å². The van der Waals surface area contributed by atoms with Gasteiger partial charge in [-0.1, -0.05) is 68.4 Å². The van der Waals surface area contributed by atoms with Crippen LogP contribution in [0.15, 0.2) is 106 Å². The summed E-state index contributed by atoms with van der Waals surface area (Å²) in [6.07, 6.45) is 18.5. The molecule has 29 heteroatoms. The molecule has 11 rings (SSSR count). The summed E-state index contributed by atoms with van der Waals surface area (Å²) >= 11 is 0. The van der Waals surface area contributed by atoms with Gasteiger partial charge >= 0.3 is 0 Å². The number of aliphatic hydroxyl groups excluding tert-OH is 1. The Morgan fingerprint density at radius 2 is 0.912 bits per heavy atom. The number of nitrogens with two attached hydrogens (primary N) is 3. The fraction of sp³-hybridized carbons (Fsp3) is 0.581. The van der Waals surface area contributed by atoms with Crippen LogP contribution in [0.2, 0.25) is 0 Å². The number of aliphatic hydroxyl groups is 1. The van der Waals surface area contributed by atoms with Gasteiger partial charge in [-0.3, -0.25) is 37.1 Å². The fourth-order valence-electron chi connectivity index (χ4n) is 13.2. The molecule has 4 atom stereocenters. The number of nitrogens with one attached hydrogen (secondary N) is 1. The third-order valence-corrected chi connectivity index (χ3v) is 22.1. The van der Waals surface area contributed by atoms with Gasteiger partial charge in [0, 0.05) is 47.9 Å². The molecule has 0 radical (unpaired) electrons. The number of rotatable bonds is 15. The van der Waals surface area contributed by atoms with Gasteiger partial charge in [-0.2, -0.15) is 27.4 Å². The Kier molecular flexibility index (Phi) is 26.1. The van der Waals surface area contributed by atoms with Crippen LogP contribution in [0, 0.1) is 33.5 Å². The molecule has 498 valence electrons. The van der Waals surface area contributed by atoms with Crippen LogP contribution >= 0.6 is 10.7 Å². The Morgan fingerprint density at radius 3 is 1.24 bits per heavy atom. The molecule has 4 aliphatic carbocycles. The number of benzene rings is 3. The summed E-state index contributed by atoms with van der Waals surface area (Å²) < 4.78 is 78.2. The zero-order valence-corrected chi connectivity index (χ0v) is 54.7. The summed E-state index contributed by atoms with van der Waals surface area (Å²) in [5.41, 5.74) is 18.0. The molecule has 8 fully saturated rings. The third-order valence-electron chi connectivity index (χ3n) is 18.2. The van der Waals surface area contributed by atoms with Crippen LogP contribution in [0.25, 0.3) is 0 Å². The summed E-state index contributed by atoms with van der Waals surface area (Å²) in [4.78, 5) is 74.9. The standard InChI is InChI=1S/C15H23N3O.C13H16N2O5S.C13H14N2O4S.C8H15N.C7H12N2O3.C6H5ClO2S/c1-14-4-6-15(11-14,7-5-14)17-10-13(19)18-8-2-3-12(18)9-16;14-13(17)11-7-4-8-15(11)12(16)9-20-21(18,19)10-5-2-1-3-6-10;14-9-11-5-4-8-15(11)13(16)10-19-20(17,18)12-6-2-1-3-7-12;1-7-2-4-8(9,6-7)5-3-7;8-7(12)5-2-1-3-9(5)6(11)4-10;7-10(8,9)6-4-2-1-3-5-6/h12,17H,2-8,10-11H2,1H3;1-3,5-6,11H,4,7-9H2,(H2,14,17);1-3,6-7,11H,4-5,8,10H2;2-6,9H2,1H3;5,10H,1-4H2,(H2,8,12);1-5H. The maximum absolute atomic E-state index is 12.2. The highest BCUT2D eigenvalue weighted by atomic mass is 35.7. The minimum atomic E-state index is -3.99. The number of halogens is 1. The lowest BCUT2D eigenvalue weighted by Crippen LogP contribution is -2.48. The number of likely N-dealkylation sites (tertiary alicyclic amines) is 4. The van der Waals surface area contributed by atoms with Gasteiger partial charge < -0.3 is 47.2 Å². The summed E-state index contributed by atoms with van der Waals surface area (Å²) in [6.45, 7) is 5.52. The average molecular weight is 1340 g/mol. The first-order valence-corrected chi connectivity index (χ1v) is 35.6. The molecule has 4 unspecified atom stereocenters. The Bertz CT molecular complexity index is 3420. The molecule has 4 heterocycles. The van der Waals surface area contributed by atoms with E-state index in [1.165, 1.54) is 115 Å². The first-order chi connectivity index (χ1) is 42.9. The topological polar surface area (TPSA) is 394 Å². The van der Waals surface area contributed by atoms with E-state index in [2.05, 4.69) is 25.2 Å². The van der Waals surface area contributed by atoms with Crippen molar-refractivity contribution >= 4 is 75.4 Å². The number of hydrogen-bond donors (Lipinski definition) is 5. The van der Waals surface area contributed by atoms with E-state index in [1.807, 2.05) is 6.07 Å². The van der Waals surface area contributed by atoms with Crippen molar-refractivity contribution in [2.75, 3.05) is 52.5 Å². The SMILES string of the molecule is CC12CCC(N)(CC1)C2.CC12CCC(NCC(=O)N3CCCC3C#N)(CC1)C2.N#CC1CCCN1C(=O)COS(=O)(=O)c1ccccc1.NC(=O)C1CCCN1C(=O)CO.NC(=O)C1CCCN1C(=O)COS(=O)(=O)c1ccccc1.O=S(=O)(Cl)c1ccccc1. The fourth-order valence-corrected chi connectivity index (χ4v) is 15.7. The lowest BCUT2D eigenvalue weighted by molar-refractivity contribution is -0.139.